The Hall–Kier alpha value is -2.68. The number of β-lactam (4-membered cyclic amide) rings is 1. The Labute approximate surface area is 181 Å². The van der Waals surface area contributed by atoms with Crippen LogP contribution in [0.15, 0.2) is 21.5 Å². The van der Waals surface area contributed by atoms with Crippen LogP contribution in [-0.2, 0) is 9.59 Å². The van der Waals surface area contributed by atoms with Crippen LogP contribution in [0, 0.1) is 23.2 Å². The molecule has 0 radical (unpaired) electrons. The van der Waals surface area contributed by atoms with Gasteiger partial charge in [-0.2, -0.15) is 5.26 Å². The highest BCUT2D eigenvalue weighted by Gasteiger charge is 2.59. The zero-order valence-corrected chi connectivity index (χ0v) is 17.9. The van der Waals surface area contributed by atoms with Gasteiger partial charge in [0.25, 0.3) is 5.91 Å². The van der Waals surface area contributed by atoms with Crippen molar-refractivity contribution in [1.82, 2.24) is 15.2 Å². The van der Waals surface area contributed by atoms with Crippen LogP contribution >= 0.6 is 23.1 Å². The van der Waals surface area contributed by atoms with E-state index in [-0.39, 0.29) is 48.1 Å². The molecule has 30 heavy (non-hydrogen) atoms. The summed E-state index contributed by atoms with van der Waals surface area (Å²) in [4.78, 5) is 42.8. The molecule has 0 aromatic carbocycles. The summed E-state index contributed by atoms with van der Waals surface area (Å²) in [5.41, 5.74) is 1.71. The Bertz CT molecular complexity index is 978. The number of rotatable bonds is 8. The Kier molecular flexibility index (Phi) is 6.60. The summed E-state index contributed by atoms with van der Waals surface area (Å²) in [6.45, 7) is 3.60. The number of aliphatic carboxylic acids is 1. The number of carboxylic acids is 1. The molecule has 2 aliphatic heterocycles. The van der Waals surface area contributed by atoms with E-state index in [0.29, 0.717) is 9.78 Å². The number of thiazole rings is 1. The summed E-state index contributed by atoms with van der Waals surface area (Å²) in [7, 11) is 0. The Morgan fingerprint density at radius 2 is 2.27 bits per heavy atom. The number of nitrogens with zero attached hydrogens (tertiary/aromatic N) is 3. The van der Waals surface area contributed by atoms with E-state index in [0.717, 1.165) is 0 Å². The van der Waals surface area contributed by atoms with Gasteiger partial charge in [-0.3, -0.25) is 9.59 Å². The van der Waals surface area contributed by atoms with Gasteiger partial charge in [0.2, 0.25) is 5.91 Å². The maximum absolute atomic E-state index is 12.3. The number of fused-ring (bicyclic) bond motifs is 1. The second-order valence-electron chi connectivity index (χ2n) is 6.92. The van der Waals surface area contributed by atoms with E-state index in [1.165, 1.54) is 40.4 Å². The molecule has 1 aromatic heterocycles. The number of carbonyl (C=O) groups is 3. The molecule has 0 spiro atoms. The average molecular weight is 449 g/mol. The lowest BCUT2D eigenvalue weighted by Gasteiger charge is -2.46. The van der Waals surface area contributed by atoms with Crippen LogP contribution in [0.3, 0.4) is 0 Å². The fourth-order valence-corrected chi connectivity index (χ4v) is 5.47. The number of amides is 2. The lowest BCUT2D eigenvalue weighted by Crippen LogP contribution is -2.63. The van der Waals surface area contributed by atoms with Crippen molar-refractivity contribution in [3.8, 4) is 6.07 Å². The molecule has 1 aromatic rings. The number of hydrogen-bond acceptors (Lipinski definition) is 8. The van der Waals surface area contributed by atoms with Crippen LogP contribution in [0.25, 0.3) is 6.08 Å². The number of carbonyl (C=O) groups excluding carboxylic acids is 2. The molecule has 9 nitrogen and oxygen atoms in total. The first-order valence-electron chi connectivity index (χ1n) is 9.20. The van der Waals surface area contributed by atoms with Gasteiger partial charge in [-0.1, -0.05) is 18.7 Å². The number of hydrogen-bond donors (Lipinski definition) is 3. The second-order valence-corrected chi connectivity index (χ2v) is 8.76. The number of thioether (sulfide) groups is 1. The van der Waals surface area contributed by atoms with Gasteiger partial charge in [0.15, 0.2) is 0 Å². The van der Waals surface area contributed by atoms with E-state index in [9.17, 15) is 24.6 Å². The minimum atomic E-state index is -1.19. The average Bonchev–Trinajstić information content (AvgIpc) is 3.23. The predicted octanol–water partition coefficient (Wildman–Crippen LogP) is 1.64. The topological polar surface area (TPSA) is 144 Å². The molecule has 0 bridgehead atoms. The van der Waals surface area contributed by atoms with Crippen molar-refractivity contribution in [3.63, 3.8) is 0 Å². The van der Waals surface area contributed by atoms with Gasteiger partial charge in [-0.15, -0.1) is 11.3 Å². The van der Waals surface area contributed by atoms with Crippen LogP contribution in [0.1, 0.15) is 35.6 Å². The molecule has 2 aliphatic rings. The Balaban J connectivity index is 1.76. The van der Waals surface area contributed by atoms with Crippen molar-refractivity contribution in [1.29, 1.82) is 5.26 Å². The summed E-state index contributed by atoms with van der Waals surface area (Å²) >= 11 is 2.44. The number of carboxylic acid groups (broad SMARTS) is 1. The van der Waals surface area contributed by atoms with Crippen LogP contribution in [0.4, 0.5) is 0 Å². The minimum Gasteiger partial charge on any atom is -0.477 e. The maximum atomic E-state index is 12.3. The van der Waals surface area contributed by atoms with Gasteiger partial charge in [0.1, 0.15) is 11.4 Å². The molecular weight excluding hydrogens is 428 g/mol. The van der Waals surface area contributed by atoms with Crippen molar-refractivity contribution in [2.75, 3.05) is 6.54 Å². The predicted molar refractivity (Wildman–Crippen MR) is 111 cm³/mol. The molecule has 0 aliphatic carbocycles. The maximum Gasteiger partial charge on any atom is 0.353 e. The smallest absolute Gasteiger partial charge is 0.353 e. The molecule has 11 heteroatoms. The highest BCUT2D eigenvalue weighted by molar-refractivity contribution is 8.06. The van der Waals surface area contributed by atoms with E-state index >= 15 is 0 Å². The van der Waals surface area contributed by atoms with Crippen molar-refractivity contribution < 1.29 is 24.6 Å². The van der Waals surface area contributed by atoms with Gasteiger partial charge < -0.3 is 20.4 Å². The number of aliphatic hydroxyl groups is 1. The summed E-state index contributed by atoms with van der Waals surface area (Å²) in [5.74, 6) is -2.80. The third-order valence-corrected chi connectivity index (χ3v) is 6.94. The van der Waals surface area contributed by atoms with Crippen LogP contribution < -0.4 is 5.32 Å². The number of nitrogens with one attached hydrogen (secondary N) is 1. The number of aromatic nitrogens is 1. The summed E-state index contributed by atoms with van der Waals surface area (Å²) in [6.07, 6.45) is 1.02. The monoisotopic (exact) mass is 448 g/mol. The molecule has 2 amide bonds. The summed E-state index contributed by atoms with van der Waals surface area (Å²) < 4.78 is 0. The normalized spacial score (nSPS) is 23.9. The van der Waals surface area contributed by atoms with E-state index in [2.05, 4.69) is 10.3 Å². The molecule has 3 rings (SSSR count). The molecule has 0 saturated carbocycles. The van der Waals surface area contributed by atoms with Gasteiger partial charge in [0, 0.05) is 17.4 Å². The van der Waals surface area contributed by atoms with Crippen molar-refractivity contribution >= 4 is 47.0 Å². The molecular formula is C19H20N4O5S2. The zero-order chi connectivity index (χ0) is 22.0. The van der Waals surface area contributed by atoms with E-state index in [1.807, 2.05) is 13.0 Å². The fraction of sp³-hybridized carbons (Fsp3) is 0.421. The molecule has 3 heterocycles. The van der Waals surface area contributed by atoms with Crippen molar-refractivity contribution in [2.24, 2.45) is 11.8 Å². The SMILES string of the molecule is C[C@@H](O)[C@H]1C(=O)N2C(C(=O)O)=C(S/C=C\c3scnc3C(=O)NCCC#N)[C@H](C)[C@@H]12. The largest absolute Gasteiger partial charge is 0.477 e. The molecule has 1 saturated heterocycles. The van der Waals surface area contributed by atoms with Gasteiger partial charge in [0.05, 0.1) is 40.9 Å². The van der Waals surface area contributed by atoms with Gasteiger partial charge >= 0.3 is 5.97 Å². The molecule has 4 atom stereocenters. The quantitative estimate of drug-likeness (QED) is 0.402. The van der Waals surface area contributed by atoms with E-state index in [1.54, 1.807) is 11.5 Å². The number of nitriles is 1. The fourth-order valence-electron chi connectivity index (χ4n) is 3.71. The molecule has 0 unspecified atom stereocenters. The van der Waals surface area contributed by atoms with Crippen molar-refractivity contribution in [3.05, 3.63) is 32.1 Å². The molecule has 3 N–H and O–H groups in total. The third-order valence-electron chi connectivity index (χ3n) is 5.06. The first kappa shape index (κ1) is 22.0. The van der Waals surface area contributed by atoms with Gasteiger partial charge in [-0.05, 0) is 18.4 Å². The standard InChI is InChI=1S/C19H20N4O5S2/c1-9-14-12(10(2)24)18(26)23(14)15(19(27)28)16(9)29-7-4-11-13(22-8-30-11)17(25)21-6-3-5-20/h4,7-10,12,14,24H,3,6H2,1-2H3,(H,21,25)(H,27,28)/b7-4-/t9-,10-,12-,14+/m1/s1. The van der Waals surface area contributed by atoms with Crippen molar-refractivity contribution in [2.45, 2.75) is 32.4 Å². The van der Waals surface area contributed by atoms with E-state index in [4.69, 9.17) is 5.26 Å². The highest BCUT2D eigenvalue weighted by Crippen LogP contribution is 2.50. The van der Waals surface area contributed by atoms with E-state index < -0.39 is 18.0 Å². The van der Waals surface area contributed by atoms with Gasteiger partial charge in [-0.25, -0.2) is 9.78 Å². The zero-order valence-electron chi connectivity index (χ0n) is 16.2. The van der Waals surface area contributed by atoms with Crippen LogP contribution in [0.5, 0.6) is 0 Å². The molecule has 1 fully saturated rings. The Morgan fingerprint density at radius 1 is 1.53 bits per heavy atom. The first-order valence-corrected chi connectivity index (χ1v) is 11.0. The minimum absolute atomic E-state index is 0.0529. The Morgan fingerprint density at radius 3 is 2.90 bits per heavy atom. The van der Waals surface area contributed by atoms with Crippen LogP contribution in [0.2, 0.25) is 0 Å². The highest BCUT2D eigenvalue weighted by atomic mass is 32.2. The first-order chi connectivity index (χ1) is 14.3. The van der Waals surface area contributed by atoms with Crippen LogP contribution in [-0.4, -0.2) is 56.6 Å². The second kappa shape index (κ2) is 8.99. The summed E-state index contributed by atoms with van der Waals surface area (Å²) in [5, 5.41) is 32.4. The molecule has 158 valence electrons. The lowest BCUT2D eigenvalue weighted by molar-refractivity contribution is -0.163. The number of aliphatic hydroxyl groups excluding tert-OH is 1. The third kappa shape index (κ3) is 3.86. The summed E-state index contributed by atoms with van der Waals surface area (Å²) in [6, 6.07) is 1.57. The lowest BCUT2D eigenvalue weighted by atomic mass is 9.79.